The number of benzene rings is 1. The maximum atomic E-state index is 6.16. The molecule has 0 spiro atoms. The van der Waals surface area contributed by atoms with Crippen LogP contribution in [0.2, 0.25) is 0 Å². The first-order valence-electron chi connectivity index (χ1n) is 9.68. The van der Waals surface area contributed by atoms with Crippen molar-refractivity contribution in [2.24, 2.45) is 0 Å². The molecule has 0 N–H and O–H groups in total. The van der Waals surface area contributed by atoms with Crippen LogP contribution in [0.3, 0.4) is 0 Å². The van der Waals surface area contributed by atoms with Gasteiger partial charge < -0.3 is 9.47 Å². The molecule has 0 aliphatic heterocycles. The smallest absolute Gasteiger partial charge is 0.123 e. The van der Waals surface area contributed by atoms with Crippen molar-refractivity contribution in [1.29, 1.82) is 0 Å². The summed E-state index contributed by atoms with van der Waals surface area (Å²) >= 11 is 0. The highest BCUT2D eigenvalue weighted by Crippen LogP contribution is 2.43. The number of ether oxygens (including phenoxy) is 2. The third kappa shape index (κ3) is 4.91. The van der Waals surface area contributed by atoms with E-state index in [0.717, 1.165) is 50.4 Å². The van der Waals surface area contributed by atoms with Gasteiger partial charge in [-0.1, -0.05) is 55.4 Å². The highest BCUT2D eigenvalue weighted by molar-refractivity contribution is 5.52. The van der Waals surface area contributed by atoms with Crippen molar-refractivity contribution in [2.45, 2.75) is 91.9 Å². The molecule has 0 aliphatic carbocycles. The zero-order valence-corrected chi connectivity index (χ0v) is 17.2. The van der Waals surface area contributed by atoms with Crippen LogP contribution < -0.4 is 9.47 Å². The molecule has 0 radical (unpaired) electrons. The highest BCUT2D eigenvalue weighted by atomic mass is 16.5. The summed E-state index contributed by atoms with van der Waals surface area (Å²) in [6.45, 7) is 19.4. The molecule has 0 heterocycles. The minimum Gasteiger partial charge on any atom is -0.493 e. The minimum atomic E-state index is 0.0717. The highest BCUT2D eigenvalue weighted by Gasteiger charge is 2.29. The van der Waals surface area contributed by atoms with E-state index in [-0.39, 0.29) is 10.8 Å². The lowest BCUT2D eigenvalue weighted by atomic mass is 9.77. The first-order valence-corrected chi connectivity index (χ1v) is 9.68. The van der Waals surface area contributed by atoms with Crippen LogP contribution in [0.25, 0.3) is 0 Å². The van der Waals surface area contributed by atoms with Crippen molar-refractivity contribution in [2.75, 3.05) is 13.2 Å². The van der Waals surface area contributed by atoms with Crippen molar-refractivity contribution in [1.82, 2.24) is 0 Å². The first kappa shape index (κ1) is 20.9. The van der Waals surface area contributed by atoms with Gasteiger partial charge in [0.1, 0.15) is 11.5 Å². The van der Waals surface area contributed by atoms with Gasteiger partial charge in [0.25, 0.3) is 0 Å². The fraction of sp³-hybridized carbons (Fsp3) is 0.727. The monoisotopic (exact) mass is 334 g/mol. The predicted octanol–water partition coefficient (Wildman–Crippen LogP) is 6.64. The molecule has 0 aromatic heterocycles. The zero-order valence-electron chi connectivity index (χ0n) is 17.2. The van der Waals surface area contributed by atoms with Crippen molar-refractivity contribution >= 4 is 0 Å². The van der Waals surface area contributed by atoms with Gasteiger partial charge >= 0.3 is 0 Å². The van der Waals surface area contributed by atoms with Gasteiger partial charge in [0.05, 0.1) is 13.2 Å². The molecule has 0 bridgehead atoms. The SMILES string of the molecule is CCCOc1cc(C(C)(C)CC)c(OCCC)cc1C(C)(C)CC. The molecule has 1 rings (SSSR count). The van der Waals surface area contributed by atoms with Crippen molar-refractivity contribution < 1.29 is 9.47 Å². The molecule has 0 aliphatic rings. The van der Waals surface area contributed by atoms with Crippen LogP contribution in [0, 0.1) is 0 Å². The molecule has 0 saturated heterocycles. The normalized spacial score (nSPS) is 12.3. The van der Waals surface area contributed by atoms with Crippen LogP contribution in [0.1, 0.15) is 92.2 Å². The third-order valence-corrected chi connectivity index (χ3v) is 5.23. The van der Waals surface area contributed by atoms with Crippen LogP contribution in [-0.2, 0) is 10.8 Å². The summed E-state index contributed by atoms with van der Waals surface area (Å²) in [6.07, 6.45) is 4.18. The molecule has 1 aromatic carbocycles. The molecular weight excluding hydrogens is 296 g/mol. The van der Waals surface area contributed by atoms with Gasteiger partial charge in [0.2, 0.25) is 0 Å². The molecule has 0 fully saturated rings. The fourth-order valence-electron chi connectivity index (χ4n) is 2.66. The summed E-state index contributed by atoms with van der Waals surface area (Å²) < 4.78 is 12.3. The Kier molecular flexibility index (Phi) is 7.63. The topological polar surface area (TPSA) is 18.5 Å². The summed E-state index contributed by atoms with van der Waals surface area (Å²) in [5.74, 6) is 2.06. The van der Waals surface area contributed by atoms with Crippen LogP contribution in [-0.4, -0.2) is 13.2 Å². The summed E-state index contributed by atoms with van der Waals surface area (Å²) in [6, 6.07) is 4.49. The third-order valence-electron chi connectivity index (χ3n) is 5.23. The molecule has 0 amide bonds. The Labute approximate surface area is 149 Å². The van der Waals surface area contributed by atoms with E-state index in [0.29, 0.717) is 0 Å². The molecule has 0 unspecified atom stereocenters. The summed E-state index contributed by atoms with van der Waals surface area (Å²) in [5, 5.41) is 0. The molecule has 138 valence electrons. The van der Waals surface area contributed by atoms with Crippen LogP contribution in [0.4, 0.5) is 0 Å². The van der Waals surface area contributed by atoms with E-state index in [9.17, 15) is 0 Å². The first-order chi connectivity index (χ1) is 11.2. The van der Waals surface area contributed by atoms with E-state index in [1.807, 2.05) is 0 Å². The molecule has 0 atom stereocenters. The lowest BCUT2D eigenvalue weighted by Crippen LogP contribution is -2.22. The Morgan fingerprint density at radius 2 is 1.00 bits per heavy atom. The number of hydrogen-bond acceptors (Lipinski definition) is 2. The van der Waals surface area contributed by atoms with Crippen LogP contribution in [0.15, 0.2) is 12.1 Å². The summed E-state index contributed by atoms with van der Waals surface area (Å²) in [4.78, 5) is 0. The van der Waals surface area contributed by atoms with Crippen molar-refractivity contribution in [3.05, 3.63) is 23.3 Å². The summed E-state index contributed by atoms with van der Waals surface area (Å²) in [7, 11) is 0. The second kappa shape index (κ2) is 8.78. The number of hydrogen-bond donors (Lipinski definition) is 0. The van der Waals surface area contributed by atoms with E-state index in [4.69, 9.17) is 9.47 Å². The largest absolute Gasteiger partial charge is 0.493 e. The number of rotatable bonds is 10. The van der Waals surface area contributed by atoms with Crippen LogP contribution in [0.5, 0.6) is 11.5 Å². The maximum absolute atomic E-state index is 6.16. The molecule has 24 heavy (non-hydrogen) atoms. The lowest BCUT2D eigenvalue weighted by Gasteiger charge is -2.32. The second-order valence-electron chi connectivity index (χ2n) is 8.02. The van der Waals surface area contributed by atoms with E-state index >= 15 is 0 Å². The van der Waals surface area contributed by atoms with Gasteiger partial charge in [0.15, 0.2) is 0 Å². The quantitative estimate of drug-likeness (QED) is 0.477. The lowest BCUT2D eigenvalue weighted by molar-refractivity contribution is 0.290. The molecule has 0 saturated carbocycles. The Morgan fingerprint density at radius 1 is 0.667 bits per heavy atom. The average Bonchev–Trinajstić information content (AvgIpc) is 2.57. The Balaban J connectivity index is 3.52. The van der Waals surface area contributed by atoms with Crippen LogP contribution >= 0.6 is 0 Å². The van der Waals surface area contributed by atoms with Gasteiger partial charge in [-0.3, -0.25) is 0 Å². The Bertz CT molecular complexity index is 467. The Hall–Kier alpha value is -1.18. The summed E-state index contributed by atoms with van der Waals surface area (Å²) in [5.41, 5.74) is 2.67. The van der Waals surface area contributed by atoms with E-state index < -0.39 is 0 Å². The van der Waals surface area contributed by atoms with E-state index in [1.165, 1.54) is 11.1 Å². The standard InChI is InChI=1S/C22H38O2/c1-9-13-23-19-15-18(22(7,8)12-4)20(24-14-10-2)16-17(19)21(5,6)11-3/h15-16H,9-14H2,1-8H3. The van der Waals surface area contributed by atoms with Gasteiger partial charge in [0, 0.05) is 11.1 Å². The van der Waals surface area contributed by atoms with Crippen molar-refractivity contribution in [3.8, 4) is 11.5 Å². The molecule has 2 heteroatoms. The van der Waals surface area contributed by atoms with E-state index in [2.05, 4.69) is 67.5 Å². The van der Waals surface area contributed by atoms with Gasteiger partial charge in [-0.2, -0.15) is 0 Å². The molecule has 2 nitrogen and oxygen atoms in total. The molecular formula is C22H38O2. The maximum Gasteiger partial charge on any atom is 0.123 e. The van der Waals surface area contributed by atoms with Gasteiger partial charge in [-0.05, 0) is 48.6 Å². The Morgan fingerprint density at radius 3 is 1.25 bits per heavy atom. The van der Waals surface area contributed by atoms with Gasteiger partial charge in [-0.25, -0.2) is 0 Å². The molecule has 1 aromatic rings. The predicted molar refractivity (Wildman–Crippen MR) is 105 cm³/mol. The van der Waals surface area contributed by atoms with Gasteiger partial charge in [-0.15, -0.1) is 0 Å². The van der Waals surface area contributed by atoms with E-state index in [1.54, 1.807) is 0 Å². The fourth-order valence-corrected chi connectivity index (χ4v) is 2.66. The minimum absolute atomic E-state index is 0.0717. The zero-order chi connectivity index (χ0) is 18.4. The second-order valence-corrected chi connectivity index (χ2v) is 8.02. The average molecular weight is 335 g/mol. The van der Waals surface area contributed by atoms with Crippen molar-refractivity contribution in [3.63, 3.8) is 0 Å².